The summed E-state index contributed by atoms with van der Waals surface area (Å²) in [5.41, 5.74) is 6.76. The number of likely N-dealkylation sites (N-methyl/N-ethyl adjacent to an activating group) is 1. The zero-order valence-corrected chi connectivity index (χ0v) is 11.3. The molecule has 106 valence electrons. The number of aliphatic carboxylic acids is 1. The second-order valence-corrected chi connectivity index (χ2v) is 4.14. The van der Waals surface area contributed by atoms with E-state index < -0.39 is 12.0 Å². The van der Waals surface area contributed by atoms with E-state index in [2.05, 4.69) is 5.32 Å². The molecule has 0 spiro atoms. The zero-order chi connectivity index (χ0) is 14.4. The minimum atomic E-state index is -0.923. The Morgan fingerprint density at radius 1 is 1.37 bits per heavy atom. The average Bonchev–Trinajstić information content (AvgIpc) is 2.38. The van der Waals surface area contributed by atoms with Crippen LogP contribution in [-0.4, -0.2) is 38.4 Å². The van der Waals surface area contributed by atoms with Gasteiger partial charge in [0.2, 0.25) is 0 Å². The summed E-state index contributed by atoms with van der Waals surface area (Å²) >= 11 is 0. The molecule has 0 fully saturated rings. The van der Waals surface area contributed by atoms with Gasteiger partial charge in [-0.15, -0.1) is 0 Å². The first-order valence-corrected chi connectivity index (χ1v) is 5.90. The first-order chi connectivity index (χ1) is 9.03. The van der Waals surface area contributed by atoms with Crippen molar-refractivity contribution in [1.82, 2.24) is 5.32 Å². The fourth-order valence-corrected chi connectivity index (χ4v) is 1.99. The van der Waals surface area contributed by atoms with E-state index in [1.54, 1.807) is 33.4 Å². The normalized spacial score (nSPS) is 13.7. The van der Waals surface area contributed by atoms with Crippen molar-refractivity contribution in [3.63, 3.8) is 0 Å². The lowest BCUT2D eigenvalue weighted by Gasteiger charge is -2.23. The summed E-state index contributed by atoms with van der Waals surface area (Å²) in [5, 5.41) is 11.8. The van der Waals surface area contributed by atoms with Gasteiger partial charge in [0.05, 0.1) is 20.6 Å². The van der Waals surface area contributed by atoms with Gasteiger partial charge in [0.25, 0.3) is 0 Å². The molecule has 0 bridgehead atoms. The van der Waals surface area contributed by atoms with E-state index in [9.17, 15) is 4.79 Å². The van der Waals surface area contributed by atoms with Crippen LogP contribution < -0.4 is 20.5 Å². The lowest BCUT2D eigenvalue weighted by Crippen LogP contribution is -2.37. The van der Waals surface area contributed by atoms with Crippen molar-refractivity contribution < 1.29 is 19.4 Å². The van der Waals surface area contributed by atoms with E-state index in [1.165, 1.54) is 0 Å². The Labute approximate surface area is 112 Å². The van der Waals surface area contributed by atoms with E-state index in [1.807, 2.05) is 6.07 Å². The van der Waals surface area contributed by atoms with Gasteiger partial charge in [0.1, 0.15) is 0 Å². The van der Waals surface area contributed by atoms with Crippen molar-refractivity contribution in [3.05, 3.63) is 23.8 Å². The van der Waals surface area contributed by atoms with Gasteiger partial charge in [-0.3, -0.25) is 4.79 Å². The quantitative estimate of drug-likeness (QED) is 0.676. The molecular formula is C13H20N2O4. The summed E-state index contributed by atoms with van der Waals surface area (Å²) < 4.78 is 10.4. The van der Waals surface area contributed by atoms with Crippen molar-refractivity contribution in [2.45, 2.75) is 18.5 Å². The molecule has 0 aliphatic carbocycles. The van der Waals surface area contributed by atoms with Crippen molar-refractivity contribution in [2.75, 3.05) is 21.3 Å². The summed E-state index contributed by atoms with van der Waals surface area (Å²) in [4.78, 5) is 10.7. The van der Waals surface area contributed by atoms with Crippen molar-refractivity contribution in [3.8, 4) is 11.5 Å². The van der Waals surface area contributed by atoms with E-state index in [0.717, 1.165) is 5.56 Å². The molecule has 1 aromatic rings. The molecule has 0 saturated heterocycles. The molecular weight excluding hydrogens is 248 g/mol. The third-order valence-corrected chi connectivity index (χ3v) is 2.92. The van der Waals surface area contributed by atoms with E-state index >= 15 is 0 Å². The molecule has 19 heavy (non-hydrogen) atoms. The lowest BCUT2D eigenvalue weighted by molar-refractivity contribution is -0.137. The van der Waals surface area contributed by atoms with Gasteiger partial charge in [-0.25, -0.2) is 0 Å². The highest BCUT2D eigenvalue weighted by atomic mass is 16.5. The van der Waals surface area contributed by atoms with Crippen LogP contribution in [-0.2, 0) is 4.79 Å². The van der Waals surface area contributed by atoms with Crippen LogP contribution in [0.5, 0.6) is 11.5 Å². The molecule has 0 saturated carbocycles. The Balaban J connectivity index is 3.01. The van der Waals surface area contributed by atoms with Crippen LogP contribution in [0.25, 0.3) is 0 Å². The highest BCUT2D eigenvalue weighted by Gasteiger charge is 2.21. The van der Waals surface area contributed by atoms with Crippen molar-refractivity contribution in [2.24, 2.45) is 5.73 Å². The fourth-order valence-electron chi connectivity index (χ4n) is 1.99. The van der Waals surface area contributed by atoms with Gasteiger partial charge in [0.15, 0.2) is 11.5 Å². The third-order valence-electron chi connectivity index (χ3n) is 2.92. The van der Waals surface area contributed by atoms with Crippen molar-refractivity contribution >= 4 is 5.97 Å². The van der Waals surface area contributed by atoms with Gasteiger partial charge >= 0.3 is 5.97 Å². The Kier molecular flexibility index (Phi) is 5.59. The van der Waals surface area contributed by atoms with Gasteiger partial charge in [-0.2, -0.15) is 0 Å². The fraction of sp³-hybridized carbons (Fsp3) is 0.462. The van der Waals surface area contributed by atoms with Gasteiger partial charge in [-0.1, -0.05) is 6.07 Å². The minimum Gasteiger partial charge on any atom is -0.493 e. The third kappa shape index (κ3) is 3.84. The molecule has 0 aliphatic rings. The van der Waals surface area contributed by atoms with Crippen LogP contribution in [0.15, 0.2) is 18.2 Å². The van der Waals surface area contributed by atoms with E-state index in [-0.39, 0.29) is 12.5 Å². The van der Waals surface area contributed by atoms with Crippen molar-refractivity contribution in [1.29, 1.82) is 0 Å². The Morgan fingerprint density at radius 2 is 2.00 bits per heavy atom. The summed E-state index contributed by atoms with van der Waals surface area (Å²) in [5.74, 6) is 0.281. The summed E-state index contributed by atoms with van der Waals surface area (Å²) in [6, 6.07) is 4.61. The molecule has 2 atom stereocenters. The van der Waals surface area contributed by atoms with Gasteiger partial charge in [-0.05, 0) is 24.7 Å². The highest BCUT2D eigenvalue weighted by molar-refractivity contribution is 5.67. The minimum absolute atomic E-state index is 0.111. The average molecular weight is 268 g/mol. The molecule has 0 aliphatic heterocycles. The Hall–Kier alpha value is -1.79. The molecule has 1 rings (SSSR count). The number of carbonyl (C=O) groups is 1. The molecule has 6 nitrogen and oxygen atoms in total. The second-order valence-electron chi connectivity index (χ2n) is 4.14. The lowest BCUT2D eigenvalue weighted by atomic mass is 9.97. The number of nitrogens with one attached hydrogen (secondary N) is 1. The van der Waals surface area contributed by atoms with E-state index in [4.69, 9.17) is 20.3 Å². The summed E-state index contributed by atoms with van der Waals surface area (Å²) in [6.45, 7) is 0. The number of carboxylic acids is 1. The summed E-state index contributed by atoms with van der Waals surface area (Å²) in [7, 11) is 4.85. The second kappa shape index (κ2) is 6.96. The van der Waals surface area contributed by atoms with Crippen LogP contribution in [0.3, 0.4) is 0 Å². The number of rotatable bonds is 7. The molecule has 0 radical (unpaired) electrons. The number of carboxylic acid groups (broad SMARTS) is 1. The largest absolute Gasteiger partial charge is 0.493 e. The number of benzene rings is 1. The smallest absolute Gasteiger partial charge is 0.304 e. The molecule has 0 amide bonds. The van der Waals surface area contributed by atoms with Crippen LogP contribution in [0.2, 0.25) is 0 Å². The molecule has 2 unspecified atom stereocenters. The van der Waals surface area contributed by atoms with Gasteiger partial charge in [0, 0.05) is 12.1 Å². The molecule has 4 N–H and O–H groups in total. The maximum Gasteiger partial charge on any atom is 0.304 e. The highest BCUT2D eigenvalue weighted by Crippen LogP contribution is 2.30. The van der Waals surface area contributed by atoms with Gasteiger partial charge < -0.3 is 25.6 Å². The van der Waals surface area contributed by atoms with Crippen LogP contribution in [0.1, 0.15) is 18.0 Å². The molecule has 6 heteroatoms. The molecule has 0 aromatic heterocycles. The predicted molar refractivity (Wildman–Crippen MR) is 71.6 cm³/mol. The number of methoxy groups -OCH3 is 2. The van der Waals surface area contributed by atoms with E-state index in [0.29, 0.717) is 11.5 Å². The first-order valence-electron chi connectivity index (χ1n) is 5.90. The maximum absolute atomic E-state index is 10.7. The molecule has 0 heterocycles. The Morgan fingerprint density at radius 3 is 2.47 bits per heavy atom. The van der Waals surface area contributed by atoms with Crippen LogP contribution >= 0.6 is 0 Å². The number of ether oxygens (including phenoxy) is 2. The first kappa shape index (κ1) is 15.3. The number of hydrogen-bond donors (Lipinski definition) is 3. The SMILES string of the molecule is CNC(c1ccc(OC)c(OC)c1)C(N)CC(=O)O. The monoisotopic (exact) mass is 268 g/mol. The zero-order valence-electron chi connectivity index (χ0n) is 11.3. The topological polar surface area (TPSA) is 93.8 Å². The Bertz CT molecular complexity index is 437. The standard InChI is InChI=1S/C13H20N2O4/c1-15-13(9(14)7-12(16)17)8-4-5-10(18-2)11(6-8)19-3/h4-6,9,13,15H,7,14H2,1-3H3,(H,16,17). The van der Waals surface area contributed by atoms with Crippen LogP contribution in [0.4, 0.5) is 0 Å². The predicted octanol–water partition coefficient (Wildman–Crippen LogP) is 0.766. The maximum atomic E-state index is 10.7. The summed E-state index contributed by atoms with van der Waals surface area (Å²) in [6.07, 6.45) is -0.111. The number of hydrogen-bond acceptors (Lipinski definition) is 5. The van der Waals surface area contributed by atoms with Crippen LogP contribution in [0, 0.1) is 0 Å². The molecule has 1 aromatic carbocycles. The number of nitrogens with two attached hydrogens (primary N) is 1.